The van der Waals surface area contributed by atoms with Crippen molar-refractivity contribution in [2.75, 3.05) is 179 Å². The molecule has 0 saturated carbocycles. The molecule has 0 aliphatic carbocycles. The maximum atomic E-state index is 11.2. The van der Waals surface area contributed by atoms with Crippen molar-refractivity contribution in [2.24, 2.45) is 0 Å². The van der Waals surface area contributed by atoms with Gasteiger partial charge in [-0.25, -0.2) is 4.79 Å². The molecule has 0 aliphatic rings. The van der Waals surface area contributed by atoms with Gasteiger partial charge in [-0.05, 0) is 6.92 Å². The lowest BCUT2D eigenvalue weighted by molar-refractivity contribution is -0.140. The fourth-order valence-electron chi connectivity index (χ4n) is 2.98. The largest absolute Gasteiger partial charge is 0.460 e. The highest BCUT2D eigenvalue weighted by atomic mass is 16.6. The average molecular weight is 673 g/mol. The van der Waals surface area contributed by atoms with Gasteiger partial charge in [0.1, 0.15) is 6.61 Å². The summed E-state index contributed by atoms with van der Waals surface area (Å²) in [6, 6.07) is 0. The summed E-state index contributed by atoms with van der Waals surface area (Å²) in [6.07, 6.45) is 0. The van der Waals surface area contributed by atoms with E-state index in [1.54, 1.807) is 14.0 Å². The molecule has 0 saturated heterocycles. The summed E-state index contributed by atoms with van der Waals surface area (Å²) in [7, 11) is 1.64. The van der Waals surface area contributed by atoms with Crippen LogP contribution in [0.1, 0.15) is 6.92 Å². The lowest BCUT2D eigenvalue weighted by Crippen LogP contribution is -2.16. The fourth-order valence-corrected chi connectivity index (χ4v) is 2.98. The maximum Gasteiger partial charge on any atom is 0.333 e. The lowest BCUT2D eigenvalue weighted by atomic mass is 10.4. The van der Waals surface area contributed by atoms with Crippen molar-refractivity contribution in [3.8, 4) is 0 Å². The molecule has 0 bridgehead atoms. The molecule has 0 rings (SSSR count). The van der Waals surface area contributed by atoms with Gasteiger partial charge in [-0.3, -0.25) is 0 Å². The molecule has 15 heteroatoms. The topological polar surface area (TPSA) is 146 Å². The minimum atomic E-state index is -0.414. The van der Waals surface area contributed by atoms with Crippen molar-refractivity contribution in [3.05, 3.63) is 12.2 Å². The first-order valence-corrected chi connectivity index (χ1v) is 15.9. The van der Waals surface area contributed by atoms with Crippen LogP contribution in [0, 0.1) is 0 Å². The van der Waals surface area contributed by atoms with Gasteiger partial charge in [0.05, 0.1) is 165 Å². The zero-order chi connectivity index (χ0) is 33.4. The third-order valence-electron chi connectivity index (χ3n) is 5.33. The van der Waals surface area contributed by atoms with E-state index in [-0.39, 0.29) is 6.61 Å². The zero-order valence-corrected chi connectivity index (χ0v) is 28.2. The van der Waals surface area contributed by atoms with Gasteiger partial charge in [-0.2, -0.15) is 0 Å². The van der Waals surface area contributed by atoms with Crippen LogP contribution in [-0.4, -0.2) is 185 Å². The Hall–Kier alpha value is -1.31. The summed E-state index contributed by atoms with van der Waals surface area (Å²) < 4.78 is 74.8. The Morgan fingerprint density at radius 3 is 0.696 bits per heavy atom. The molecular formula is C31H60O15. The van der Waals surface area contributed by atoms with Crippen molar-refractivity contribution in [1.29, 1.82) is 0 Å². The van der Waals surface area contributed by atoms with Gasteiger partial charge in [0.2, 0.25) is 0 Å². The van der Waals surface area contributed by atoms with Gasteiger partial charge in [0.15, 0.2) is 0 Å². The van der Waals surface area contributed by atoms with Crippen molar-refractivity contribution in [2.45, 2.75) is 6.92 Å². The van der Waals surface area contributed by atoms with Crippen LogP contribution in [0.15, 0.2) is 12.2 Å². The van der Waals surface area contributed by atoms with Crippen LogP contribution < -0.4 is 0 Å². The molecule has 15 nitrogen and oxygen atoms in total. The summed E-state index contributed by atoms with van der Waals surface area (Å²) in [5, 5.41) is 0. The molecule has 0 atom stereocenters. The van der Waals surface area contributed by atoms with Gasteiger partial charge >= 0.3 is 5.97 Å². The normalized spacial score (nSPS) is 11.3. The van der Waals surface area contributed by atoms with Crippen LogP contribution in [0.4, 0.5) is 0 Å². The first-order valence-electron chi connectivity index (χ1n) is 15.9. The summed E-state index contributed by atoms with van der Waals surface area (Å²) in [5.41, 5.74) is 0.369. The Morgan fingerprint density at radius 1 is 0.348 bits per heavy atom. The molecule has 274 valence electrons. The monoisotopic (exact) mass is 672 g/mol. The lowest BCUT2D eigenvalue weighted by Gasteiger charge is -2.09. The number of methoxy groups -OCH3 is 1. The third kappa shape index (κ3) is 38.9. The Morgan fingerprint density at radius 2 is 0.522 bits per heavy atom. The second-order valence-electron chi connectivity index (χ2n) is 9.26. The first-order chi connectivity index (χ1) is 22.7. The van der Waals surface area contributed by atoms with E-state index in [1.807, 2.05) is 0 Å². The SMILES string of the molecule is C=C(C)C(=O)OCCOCCOCCOCCOCCOCCOCCOCCOCCOCCOCCOCCOCCOC. The van der Waals surface area contributed by atoms with E-state index in [1.165, 1.54) is 0 Å². The molecule has 0 aromatic carbocycles. The summed E-state index contributed by atoms with van der Waals surface area (Å²) in [6.45, 7) is 17.7. The van der Waals surface area contributed by atoms with E-state index in [0.29, 0.717) is 171 Å². The minimum Gasteiger partial charge on any atom is -0.460 e. The highest BCUT2D eigenvalue weighted by Crippen LogP contribution is 1.92. The average Bonchev–Trinajstić information content (AvgIpc) is 3.05. The number of rotatable bonds is 40. The number of hydrogen-bond acceptors (Lipinski definition) is 15. The highest BCUT2D eigenvalue weighted by molar-refractivity contribution is 5.86. The van der Waals surface area contributed by atoms with Crippen molar-refractivity contribution in [3.63, 3.8) is 0 Å². The van der Waals surface area contributed by atoms with E-state index in [4.69, 9.17) is 66.3 Å². The molecule has 0 aromatic rings. The van der Waals surface area contributed by atoms with Gasteiger partial charge in [0.25, 0.3) is 0 Å². The van der Waals surface area contributed by atoms with Crippen LogP contribution in [0.25, 0.3) is 0 Å². The molecular weight excluding hydrogens is 612 g/mol. The van der Waals surface area contributed by atoms with Crippen LogP contribution in [0.3, 0.4) is 0 Å². The Bertz CT molecular complexity index is 627. The predicted octanol–water partition coefficient (Wildman–Crippen LogP) is 0.951. The smallest absolute Gasteiger partial charge is 0.333 e. The number of esters is 1. The second-order valence-corrected chi connectivity index (χ2v) is 9.26. The molecule has 0 fully saturated rings. The number of carbonyl (C=O) groups is 1. The predicted molar refractivity (Wildman–Crippen MR) is 167 cm³/mol. The minimum absolute atomic E-state index is 0.198. The van der Waals surface area contributed by atoms with Crippen molar-refractivity contribution < 1.29 is 71.1 Å². The van der Waals surface area contributed by atoms with Crippen LogP contribution in [0.2, 0.25) is 0 Å². The standard InChI is InChI=1S/C31H60O15/c1-30(2)31(32)46-29-28-45-27-26-44-25-24-43-23-22-42-21-20-41-19-18-40-17-16-39-15-14-38-13-12-37-11-10-36-9-8-35-7-6-34-5-4-33-3/h1,4-29H2,2-3H3. The number of carbonyl (C=O) groups excluding carboxylic acids is 1. The van der Waals surface area contributed by atoms with Crippen molar-refractivity contribution in [1.82, 2.24) is 0 Å². The van der Waals surface area contributed by atoms with Crippen LogP contribution in [-0.2, 0) is 71.1 Å². The summed E-state index contributed by atoms with van der Waals surface area (Å²) in [5.74, 6) is -0.414. The van der Waals surface area contributed by atoms with E-state index >= 15 is 0 Å². The molecule has 0 radical (unpaired) electrons. The number of hydrogen-bond donors (Lipinski definition) is 0. The second kappa shape index (κ2) is 39.9. The van der Waals surface area contributed by atoms with Gasteiger partial charge in [0, 0.05) is 12.7 Å². The first kappa shape index (κ1) is 44.7. The highest BCUT2D eigenvalue weighted by Gasteiger charge is 2.02. The van der Waals surface area contributed by atoms with E-state index in [9.17, 15) is 4.79 Å². The molecule has 46 heavy (non-hydrogen) atoms. The van der Waals surface area contributed by atoms with Gasteiger partial charge in [-0.15, -0.1) is 0 Å². The molecule has 0 spiro atoms. The van der Waals surface area contributed by atoms with Gasteiger partial charge in [-0.1, -0.05) is 6.58 Å². The molecule has 0 amide bonds. The molecule has 0 unspecified atom stereocenters. The molecule has 0 heterocycles. The zero-order valence-electron chi connectivity index (χ0n) is 28.2. The fraction of sp³-hybridized carbons (Fsp3) is 0.903. The molecule has 0 N–H and O–H groups in total. The van der Waals surface area contributed by atoms with E-state index in [0.717, 1.165) is 0 Å². The Balaban J connectivity index is 3.06. The van der Waals surface area contributed by atoms with Gasteiger partial charge < -0.3 is 66.3 Å². The summed E-state index contributed by atoms with van der Waals surface area (Å²) >= 11 is 0. The molecule has 0 aromatic heterocycles. The number of ether oxygens (including phenoxy) is 14. The summed E-state index contributed by atoms with van der Waals surface area (Å²) in [4.78, 5) is 11.2. The van der Waals surface area contributed by atoms with E-state index in [2.05, 4.69) is 6.58 Å². The van der Waals surface area contributed by atoms with Crippen LogP contribution in [0.5, 0.6) is 0 Å². The molecule has 0 aliphatic heterocycles. The Labute approximate surface area is 275 Å². The van der Waals surface area contributed by atoms with E-state index < -0.39 is 5.97 Å². The Kier molecular flexibility index (Phi) is 38.7. The van der Waals surface area contributed by atoms with Crippen molar-refractivity contribution >= 4 is 5.97 Å². The maximum absolute atomic E-state index is 11.2. The third-order valence-corrected chi connectivity index (χ3v) is 5.33. The van der Waals surface area contributed by atoms with Crippen LogP contribution >= 0.6 is 0 Å². The quantitative estimate of drug-likeness (QED) is 0.0517.